The fourth-order valence-electron chi connectivity index (χ4n) is 1.40. The van der Waals surface area contributed by atoms with Crippen molar-refractivity contribution in [3.63, 3.8) is 0 Å². The Balaban J connectivity index is 0.00000112. The number of rotatable bonds is 1. The predicted octanol–water partition coefficient (Wildman–Crippen LogP) is -1.26. The molecule has 0 fully saturated rings. The Labute approximate surface area is 108 Å². The molecule has 0 atom stereocenters. The Morgan fingerprint density at radius 1 is 1.47 bits per heavy atom. The zero-order chi connectivity index (χ0) is 10.3. The molecule has 0 saturated heterocycles. The number of hydrogen-bond donors (Lipinski definition) is 1. The van der Waals surface area contributed by atoms with E-state index in [2.05, 4.69) is 0 Å². The zero-order valence-corrected chi connectivity index (χ0v) is 11.3. The molecule has 1 heterocycles. The van der Waals surface area contributed by atoms with Crippen LogP contribution in [-0.4, -0.2) is 11.1 Å². The van der Waals surface area contributed by atoms with E-state index in [9.17, 15) is 4.79 Å². The average molecular weight is 335 g/mol. The van der Waals surface area contributed by atoms with Crippen LogP contribution in [0.15, 0.2) is 18.2 Å². The van der Waals surface area contributed by atoms with E-state index < -0.39 is 5.97 Å². The normalized spacial score (nSPS) is 10.0. The van der Waals surface area contributed by atoms with Crippen LogP contribution < -0.4 is 28.5 Å². The number of thiazole rings is 1. The zero-order valence-electron chi connectivity index (χ0n) is 8.32. The molecule has 2 rings (SSSR count). The topological polar surface area (TPSA) is 41.2 Å². The van der Waals surface area contributed by atoms with Gasteiger partial charge in [-0.3, -0.25) is 0 Å². The minimum Gasteiger partial charge on any atom is -1.00 e. The van der Waals surface area contributed by atoms with Crippen LogP contribution >= 0.6 is 11.3 Å². The first-order valence-electron chi connectivity index (χ1n) is 4.22. The van der Waals surface area contributed by atoms with Gasteiger partial charge < -0.3 is 29.1 Å². The van der Waals surface area contributed by atoms with Gasteiger partial charge in [-0.1, -0.05) is 11.3 Å². The van der Waals surface area contributed by atoms with Crippen molar-refractivity contribution in [1.82, 2.24) is 0 Å². The van der Waals surface area contributed by atoms with Crippen molar-refractivity contribution >= 4 is 27.5 Å². The molecule has 0 bridgehead atoms. The van der Waals surface area contributed by atoms with Crippen LogP contribution in [0.4, 0.5) is 0 Å². The third kappa shape index (κ3) is 2.12. The van der Waals surface area contributed by atoms with E-state index in [-0.39, 0.29) is 24.0 Å². The summed E-state index contributed by atoms with van der Waals surface area (Å²) in [5.41, 5.74) is 1.32. The molecule has 5 heteroatoms. The lowest BCUT2D eigenvalue weighted by molar-refractivity contribution is -0.646. The van der Waals surface area contributed by atoms with Gasteiger partial charge >= 0.3 is 5.97 Å². The fraction of sp³-hybridized carbons (Fsp3) is 0.200. The lowest BCUT2D eigenvalue weighted by Crippen LogP contribution is -3.00. The van der Waals surface area contributed by atoms with E-state index in [0.717, 1.165) is 10.2 Å². The van der Waals surface area contributed by atoms with Crippen molar-refractivity contribution < 1.29 is 38.4 Å². The number of hydrogen-bond acceptors (Lipinski definition) is 2. The van der Waals surface area contributed by atoms with Gasteiger partial charge in [-0.15, -0.1) is 0 Å². The molecule has 0 saturated carbocycles. The van der Waals surface area contributed by atoms with Crippen molar-refractivity contribution in [2.24, 2.45) is 7.05 Å². The van der Waals surface area contributed by atoms with Crippen molar-refractivity contribution in [3.8, 4) is 0 Å². The monoisotopic (exact) mass is 335 g/mol. The quantitative estimate of drug-likeness (QED) is 0.522. The lowest BCUT2D eigenvalue weighted by atomic mass is 10.2. The summed E-state index contributed by atoms with van der Waals surface area (Å²) in [6.07, 6.45) is 0. The number of aromatic carboxylic acids is 1. The van der Waals surface area contributed by atoms with Crippen LogP contribution in [-0.2, 0) is 7.05 Å². The molecular formula is C10H10INO2S. The first kappa shape index (κ1) is 12.4. The molecule has 80 valence electrons. The molecule has 2 aromatic rings. The molecule has 15 heavy (non-hydrogen) atoms. The fourth-order valence-corrected chi connectivity index (χ4v) is 2.39. The van der Waals surface area contributed by atoms with E-state index in [1.165, 1.54) is 5.01 Å². The van der Waals surface area contributed by atoms with E-state index in [1.54, 1.807) is 23.5 Å². The maximum Gasteiger partial charge on any atom is 0.335 e. The third-order valence-corrected chi connectivity index (χ3v) is 3.43. The number of benzene rings is 1. The Hall–Kier alpha value is -0.690. The van der Waals surface area contributed by atoms with Gasteiger partial charge in [-0.2, -0.15) is 4.57 Å². The molecule has 0 aliphatic carbocycles. The number of fused-ring (bicyclic) bond motifs is 1. The Bertz CT molecular complexity index is 521. The van der Waals surface area contributed by atoms with Crippen molar-refractivity contribution in [2.75, 3.05) is 0 Å². The molecule has 1 N–H and O–H groups in total. The molecular weight excluding hydrogens is 325 g/mol. The summed E-state index contributed by atoms with van der Waals surface area (Å²) in [5.74, 6) is -0.879. The van der Waals surface area contributed by atoms with Crippen molar-refractivity contribution in [2.45, 2.75) is 6.92 Å². The molecule has 0 aliphatic rings. The van der Waals surface area contributed by atoms with Crippen LogP contribution in [0.5, 0.6) is 0 Å². The first-order chi connectivity index (χ1) is 6.59. The van der Waals surface area contributed by atoms with Crippen LogP contribution in [0.25, 0.3) is 10.2 Å². The van der Waals surface area contributed by atoms with Crippen LogP contribution in [0.1, 0.15) is 15.4 Å². The van der Waals surface area contributed by atoms with E-state index in [1.807, 2.05) is 24.6 Å². The summed E-state index contributed by atoms with van der Waals surface area (Å²) >= 11 is 1.67. The highest BCUT2D eigenvalue weighted by Crippen LogP contribution is 2.20. The van der Waals surface area contributed by atoms with Crippen molar-refractivity contribution in [1.29, 1.82) is 0 Å². The summed E-state index contributed by atoms with van der Waals surface area (Å²) in [4.78, 5) is 10.8. The van der Waals surface area contributed by atoms with E-state index in [4.69, 9.17) is 5.11 Å². The number of halogens is 1. The number of carboxylic acid groups (broad SMARTS) is 1. The first-order valence-corrected chi connectivity index (χ1v) is 5.03. The van der Waals surface area contributed by atoms with Gasteiger partial charge in [0.25, 0.3) is 0 Å². The van der Waals surface area contributed by atoms with Crippen LogP contribution in [0.3, 0.4) is 0 Å². The van der Waals surface area contributed by atoms with Gasteiger partial charge in [0.05, 0.1) is 5.56 Å². The van der Waals surface area contributed by atoms with Crippen LogP contribution in [0, 0.1) is 6.92 Å². The third-order valence-electron chi connectivity index (χ3n) is 2.30. The standard InChI is InChI=1S/C10H9NO2S.HI/c1-6-11(2)8-5-7(10(12)13)3-4-9(8)14-6;/h3-5H,1-2H3;1H. The second-order valence-electron chi connectivity index (χ2n) is 3.17. The predicted molar refractivity (Wildman–Crippen MR) is 54.7 cm³/mol. The van der Waals surface area contributed by atoms with Gasteiger partial charge in [0.1, 0.15) is 11.7 Å². The second-order valence-corrected chi connectivity index (χ2v) is 4.40. The number of aromatic nitrogens is 1. The number of carboxylic acids is 1. The highest BCUT2D eigenvalue weighted by molar-refractivity contribution is 7.18. The minimum atomic E-state index is -0.879. The molecule has 1 aromatic carbocycles. The molecule has 1 aromatic heterocycles. The Kier molecular flexibility index (Phi) is 3.67. The maximum atomic E-state index is 10.8. The van der Waals surface area contributed by atoms with Crippen LogP contribution in [0.2, 0.25) is 0 Å². The molecule has 0 unspecified atom stereocenters. The second kappa shape index (κ2) is 4.44. The highest BCUT2D eigenvalue weighted by atomic mass is 127. The molecule has 0 radical (unpaired) electrons. The van der Waals surface area contributed by atoms with Gasteiger partial charge in [0.15, 0.2) is 0 Å². The molecule has 0 spiro atoms. The molecule has 3 nitrogen and oxygen atoms in total. The van der Waals surface area contributed by atoms with E-state index in [0.29, 0.717) is 5.56 Å². The summed E-state index contributed by atoms with van der Waals surface area (Å²) in [6, 6.07) is 5.21. The maximum absolute atomic E-state index is 10.8. The largest absolute Gasteiger partial charge is 1.00 e. The van der Waals surface area contributed by atoms with Gasteiger partial charge in [-0.05, 0) is 12.1 Å². The minimum absolute atomic E-state index is 0. The molecule has 0 aliphatic heterocycles. The van der Waals surface area contributed by atoms with Crippen molar-refractivity contribution in [3.05, 3.63) is 28.8 Å². The SMILES string of the molecule is Cc1sc2ccc(C(=O)O)cc2[n+]1C.[I-]. The Morgan fingerprint density at radius 3 is 2.73 bits per heavy atom. The van der Waals surface area contributed by atoms with Gasteiger partial charge in [0.2, 0.25) is 10.5 Å². The average Bonchev–Trinajstić information content (AvgIpc) is 2.43. The summed E-state index contributed by atoms with van der Waals surface area (Å²) in [6.45, 7) is 2.02. The number of carbonyl (C=O) groups is 1. The smallest absolute Gasteiger partial charge is 0.335 e. The van der Waals surface area contributed by atoms with Gasteiger partial charge in [-0.25, -0.2) is 4.79 Å². The number of nitrogens with zero attached hydrogens (tertiary/aromatic N) is 1. The Morgan fingerprint density at radius 2 is 2.13 bits per heavy atom. The lowest BCUT2D eigenvalue weighted by Gasteiger charge is -1.91. The molecule has 0 amide bonds. The highest BCUT2D eigenvalue weighted by Gasteiger charge is 2.14. The summed E-state index contributed by atoms with van der Waals surface area (Å²) < 4.78 is 3.13. The number of aryl methyl sites for hydroxylation is 2. The van der Waals surface area contributed by atoms with Gasteiger partial charge in [0, 0.05) is 13.0 Å². The summed E-state index contributed by atoms with van der Waals surface area (Å²) in [5, 5.41) is 10.0. The van der Waals surface area contributed by atoms with E-state index >= 15 is 0 Å². The summed E-state index contributed by atoms with van der Waals surface area (Å²) in [7, 11) is 1.94.